The van der Waals surface area contributed by atoms with E-state index in [1.54, 1.807) is 6.92 Å². The highest BCUT2D eigenvalue weighted by atomic mass is 32.2. The molecule has 0 aliphatic carbocycles. The number of hydrogen-bond donors (Lipinski definition) is 1. The summed E-state index contributed by atoms with van der Waals surface area (Å²) in [6.45, 7) is 8.87. The molecule has 2 atom stereocenters. The third kappa shape index (κ3) is 4.86. The Bertz CT molecular complexity index is 511. The molecular weight excluding hydrogens is 278 g/mol. The van der Waals surface area contributed by atoms with E-state index in [-0.39, 0.29) is 11.9 Å². The first kappa shape index (κ1) is 17.1. The minimum absolute atomic E-state index is 0.237. The molecule has 1 aromatic heterocycles. The van der Waals surface area contributed by atoms with Gasteiger partial charge in [-0.2, -0.15) is 4.98 Å². The van der Waals surface area contributed by atoms with E-state index in [2.05, 4.69) is 36.2 Å². The van der Waals surface area contributed by atoms with Gasteiger partial charge in [0.05, 0.1) is 0 Å². The number of rotatable bonds is 8. The van der Waals surface area contributed by atoms with Gasteiger partial charge in [0.2, 0.25) is 5.89 Å². The van der Waals surface area contributed by atoms with Gasteiger partial charge in [0.25, 0.3) is 0 Å². The molecule has 0 saturated heterocycles. The molecule has 0 bridgehead atoms. The minimum Gasteiger partial charge on any atom is -0.339 e. The monoisotopic (exact) mass is 303 g/mol. The van der Waals surface area contributed by atoms with Crippen molar-refractivity contribution in [1.82, 2.24) is 15.5 Å². The van der Waals surface area contributed by atoms with Gasteiger partial charge >= 0.3 is 0 Å². The van der Waals surface area contributed by atoms with Gasteiger partial charge in [-0.15, -0.1) is 0 Å². The van der Waals surface area contributed by atoms with Gasteiger partial charge in [0.1, 0.15) is 5.25 Å². The second-order valence-corrected chi connectivity index (χ2v) is 7.89. The number of nitrogens with zero attached hydrogens (tertiary/aromatic N) is 2. The second-order valence-electron chi connectivity index (χ2n) is 5.53. The van der Waals surface area contributed by atoms with Crippen LogP contribution in [-0.4, -0.2) is 37.4 Å². The molecule has 1 heterocycles. The maximum Gasteiger partial charge on any atom is 0.228 e. The fraction of sp³-hybridized carbons (Fsp3) is 0.846. The summed E-state index contributed by atoms with van der Waals surface area (Å²) in [5, 5.41) is 6.49. The first-order valence-electron chi connectivity index (χ1n) is 7.00. The van der Waals surface area contributed by atoms with Crippen LogP contribution >= 0.6 is 0 Å². The molecule has 1 N–H and O–H groups in total. The van der Waals surface area contributed by atoms with Crippen LogP contribution in [0.2, 0.25) is 0 Å². The molecule has 2 unspecified atom stereocenters. The Morgan fingerprint density at radius 2 is 1.95 bits per heavy atom. The Balaban J connectivity index is 2.76. The fourth-order valence-electron chi connectivity index (χ4n) is 1.77. The Morgan fingerprint density at radius 1 is 1.30 bits per heavy atom. The molecule has 0 radical (unpaired) electrons. The SMILES string of the molecule is CCCNC(Cc1nc(C(C)S(C)(=O)=O)no1)C(C)C. The number of hydrogen-bond acceptors (Lipinski definition) is 6. The van der Waals surface area contributed by atoms with Crippen molar-refractivity contribution in [2.24, 2.45) is 5.92 Å². The largest absolute Gasteiger partial charge is 0.339 e. The average Bonchev–Trinajstić information content (AvgIpc) is 2.80. The summed E-state index contributed by atoms with van der Waals surface area (Å²) >= 11 is 0. The van der Waals surface area contributed by atoms with Crippen molar-refractivity contribution in [1.29, 1.82) is 0 Å². The fourth-order valence-corrected chi connectivity index (χ4v) is 2.25. The summed E-state index contributed by atoms with van der Waals surface area (Å²) in [6, 6.07) is 0.247. The molecule has 20 heavy (non-hydrogen) atoms. The van der Waals surface area contributed by atoms with E-state index in [0.717, 1.165) is 13.0 Å². The summed E-state index contributed by atoms with van der Waals surface area (Å²) in [7, 11) is -3.20. The second kappa shape index (κ2) is 7.17. The van der Waals surface area contributed by atoms with Crippen LogP contribution < -0.4 is 5.32 Å². The quantitative estimate of drug-likeness (QED) is 0.787. The highest BCUT2D eigenvalue weighted by molar-refractivity contribution is 7.90. The molecule has 0 fully saturated rings. The van der Waals surface area contributed by atoms with Crippen LogP contribution in [0.4, 0.5) is 0 Å². The van der Waals surface area contributed by atoms with Crippen LogP contribution in [0.15, 0.2) is 4.52 Å². The van der Waals surface area contributed by atoms with E-state index in [4.69, 9.17) is 4.52 Å². The molecule has 0 aliphatic rings. The maximum absolute atomic E-state index is 11.5. The van der Waals surface area contributed by atoms with Crippen LogP contribution in [0, 0.1) is 5.92 Å². The molecule has 6 nitrogen and oxygen atoms in total. The smallest absolute Gasteiger partial charge is 0.228 e. The average molecular weight is 303 g/mol. The van der Waals surface area contributed by atoms with Gasteiger partial charge in [0.15, 0.2) is 15.7 Å². The molecule has 0 aromatic carbocycles. The van der Waals surface area contributed by atoms with Crippen LogP contribution in [0.1, 0.15) is 51.1 Å². The predicted molar refractivity (Wildman–Crippen MR) is 78.2 cm³/mol. The van der Waals surface area contributed by atoms with E-state index in [1.807, 2.05) is 0 Å². The van der Waals surface area contributed by atoms with Crippen molar-refractivity contribution in [3.8, 4) is 0 Å². The molecule has 7 heteroatoms. The lowest BCUT2D eigenvalue weighted by Crippen LogP contribution is -2.36. The third-order valence-corrected chi connectivity index (χ3v) is 4.84. The Hall–Kier alpha value is -0.950. The molecular formula is C13H25N3O3S. The van der Waals surface area contributed by atoms with E-state index in [9.17, 15) is 8.42 Å². The summed E-state index contributed by atoms with van der Waals surface area (Å²) in [5.74, 6) is 1.16. The Morgan fingerprint density at radius 3 is 2.45 bits per heavy atom. The Kier molecular flexibility index (Phi) is 6.13. The van der Waals surface area contributed by atoms with Crippen molar-refractivity contribution < 1.29 is 12.9 Å². The maximum atomic E-state index is 11.5. The zero-order valence-electron chi connectivity index (χ0n) is 12.9. The zero-order valence-corrected chi connectivity index (χ0v) is 13.7. The zero-order chi connectivity index (χ0) is 15.3. The highest BCUT2D eigenvalue weighted by Gasteiger charge is 2.24. The predicted octanol–water partition coefficient (Wildman–Crippen LogP) is 1.74. The van der Waals surface area contributed by atoms with E-state index in [1.165, 1.54) is 6.26 Å². The molecule has 0 amide bonds. The molecule has 0 aliphatic heterocycles. The first-order chi connectivity index (χ1) is 9.25. The Labute approximate surface area is 121 Å². The summed E-state index contributed by atoms with van der Waals surface area (Å²) < 4.78 is 28.1. The molecule has 1 rings (SSSR count). The van der Waals surface area contributed by atoms with Crippen LogP contribution in [0.5, 0.6) is 0 Å². The lowest BCUT2D eigenvalue weighted by atomic mass is 10.0. The topological polar surface area (TPSA) is 85.1 Å². The lowest BCUT2D eigenvalue weighted by Gasteiger charge is -2.20. The molecule has 0 spiro atoms. The molecule has 1 aromatic rings. The minimum atomic E-state index is -3.20. The molecule has 0 saturated carbocycles. The van der Waals surface area contributed by atoms with Gasteiger partial charge < -0.3 is 9.84 Å². The van der Waals surface area contributed by atoms with Crippen LogP contribution in [0.25, 0.3) is 0 Å². The van der Waals surface area contributed by atoms with Crippen molar-refractivity contribution >= 4 is 9.84 Å². The van der Waals surface area contributed by atoms with Crippen molar-refractivity contribution in [3.05, 3.63) is 11.7 Å². The standard InChI is InChI=1S/C13H25N3O3S/c1-6-7-14-11(9(2)3)8-12-15-13(16-19-12)10(4)20(5,17)18/h9-11,14H,6-8H2,1-5H3. The summed E-state index contributed by atoms with van der Waals surface area (Å²) in [6.07, 6.45) is 2.85. The summed E-state index contributed by atoms with van der Waals surface area (Å²) in [5.41, 5.74) is 0. The van der Waals surface area contributed by atoms with Gasteiger partial charge in [-0.3, -0.25) is 0 Å². The highest BCUT2D eigenvalue weighted by Crippen LogP contribution is 2.18. The first-order valence-corrected chi connectivity index (χ1v) is 8.95. The number of sulfone groups is 1. The van der Waals surface area contributed by atoms with E-state index in [0.29, 0.717) is 18.2 Å². The number of aromatic nitrogens is 2. The van der Waals surface area contributed by atoms with Gasteiger partial charge in [-0.1, -0.05) is 25.9 Å². The van der Waals surface area contributed by atoms with Crippen LogP contribution in [0.3, 0.4) is 0 Å². The van der Waals surface area contributed by atoms with Gasteiger partial charge in [0, 0.05) is 18.7 Å². The normalized spacial score (nSPS) is 15.5. The number of nitrogens with one attached hydrogen (secondary N) is 1. The van der Waals surface area contributed by atoms with Crippen molar-refractivity contribution in [2.75, 3.05) is 12.8 Å². The lowest BCUT2D eigenvalue weighted by molar-refractivity contribution is 0.324. The third-order valence-electron chi connectivity index (χ3n) is 3.35. The van der Waals surface area contributed by atoms with Crippen LogP contribution in [-0.2, 0) is 16.3 Å². The van der Waals surface area contributed by atoms with Gasteiger partial charge in [-0.25, -0.2) is 8.42 Å². The summed E-state index contributed by atoms with van der Waals surface area (Å²) in [4.78, 5) is 4.21. The van der Waals surface area contributed by atoms with Crippen molar-refractivity contribution in [2.45, 2.75) is 51.8 Å². The van der Waals surface area contributed by atoms with E-state index >= 15 is 0 Å². The van der Waals surface area contributed by atoms with Gasteiger partial charge in [-0.05, 0) is 25.8 Å². The molecule has 116 valence electrons. The van der Waals surface area contributed by atoms with Crippen molar-refractivity contribution in [3.63, 3.8) is 0 Å². The van der Waals surface area contributed by atoms with E-state index < -0.39 is 15.1 Å².